The number of furan rings is 2. The molecule has 90 valence electrons. The monoisotopic (exact) mass is 230 g/mol. The van der Waals surface area contributed by atoms with E-state index in [9.17, 15) is 0 Å². The van der Waals surface area contributed by atoms with Crippen molar-refractivity contribution in [3.8, 4) is 0 Å². The Hall–Kier alpha value is -1.70. The maximum atomic E-state index is 5.42. The van der Waals surface area contributed by atoms with Crippen molar-refractivity contribution < 1.29 is 8.83 Å². The lowest BCUT2D eigenvalue weighted by molar-refractivity contribution is 0.505. The average Bonchev–Trinajstić information content (AvgIpc) is 2.85. The zero-order chi connectivity index (χ0) is 12.3. The van der Waals surface area contributed by atoms with Gasteiger partial charge in [0.1, 0.15) is 11.5 Å². The van der Waals surface area contributed by atoms with Crippen molar-refractivity contribution in [3.63, 3.8) is 0 Å². The lowest BCUT2D eigenvalue weighted by Gasteiger charge is -1.99. The molecule has 0 aromatic carbocycles. The molecule has 0 N–H and O–H groups in total. The van der Waals surface area contributed by atoms with Crippen molar-refractivity contribution in [1.82, 2.24) is 0 Å². The normalized spacial score (nSPS) is 12.1. The summed E-state index contributed by atoms with van der Waals surface area (Å²) in [6, 6.07) is 4.05. The Kier molecular flexibility index (Phi) is 3.52. The predicted molar refractivity (Wildman–Crippen MR) is 68.9 cm³/mol. The maximum Gasteiger partial charge on any atom is 0.126 e. The third-order valence-electron chi connectivity index (χ3n) is 2.85. The van der Waals surface area contributed by atoms with Crippen molar-refractivity contribution in [1.29, 1.82) is 0 Å². The van der Waals surface area contributed by atoms with Crippen LogP contribution < -0.4 is 0 Å². The fraction of sp³-hybridized carbons (Fsp3) is 0.333. The molecule has 0 saturated carbocycles. The molecule has 2 rings (SSSR count). The molecule has 2 aromatic heterocycles. The van der Waals surface area contributed by atoms with Gasteiger partial charge in [0.25, 0.3) is 0 Å². The highest BCUT2D eigenvalue weighted by Gasteiger charge is 2.02. The molecule has 2 heteroatoms. The van der Waals surface area contributed by atoms with Crippen molar-refractivity contribution in [2.75, 3.05) is 0 Å². The molecular weight excluding hydrogens is 212 g/mol. The van der Waals surface area contributed by atoms with E-state index in [2.05, 4.69) is 19.9 Å². The van der Waals surface area contributed by atoms with Crippen molar-refractivity contribution in [2.24, 2.45) is 0 Å². The van der Waals surface area contributed by atoms with Gasteiger partial charge in [0, 0.05) is 6.42 Å². The summed E-state index contributed by atoms with van der Waals surface area (Å²) in [6.45, 7) is 6.23. The molecule has 0 spiro atoms. The van der Waals surface area contributed by atoms with E-state index in [1.807, 2.05) is 19.1 Å². The van der Waals surface area contributed by atoms with Gasteiger partial charge in [-0.05, 0) is 56.5 Å². The van der Waals surface area contributed by atoms with E-state index in [0.717, 1.165) is 29.9 Å². The summed E-state index contributed by atoms with van der Waals surface area (Å²) < 4.78 is 10.8. The Labute approximate surface area is 102 Å². The Bertz CT molecular complexity index is 515. The summed E-state index contributed by atoms with van der Waals surface area (Å²) in [6.07, 6.45) is 7.55. The van der Waals surface area contributed by atoms with Gasteiger partial charge in [-0.3, -0.25) is 0 Å². The first kappa shape index (κ1) is 11.8. The summed E-state index contributed by atoms with van der Waals surface area (Å²) in [5.74, 6) is 2.00. The van der Waals surface area contributed by atoms with Crippen molar-refractivity contribution in [3.05, 3.63) is 52.9 Å². The highest BCUT2D eigenvalue weighted by molar-refractivity contribution is 5.47. The Morgan fingerprint density at radius 3 is 2.71 bits per heavy atom. The van der Waals surface area contributed by atoms with Gasteiger partial charge >= 0.3 is 0 Å². The topological polar surface area (TPSA) is 26.3 Å². The summed E-state index contributed by atoms with van der Waals surface area (Å²) in [5.41, 5.74) is 3.69. The van der Waals surface area contributed by atoms with E-state index in [0.29, 0.717) is 0 Å². The van der Waals surface area contributed by atoms with Gasteiger partial charge in [-0.1, -0.05) is 5.57 Å². The average molecular weight is 230 g/mol. The quantitative estimate of drug-likeness (QED) is 0.771. The molecule has 0 radical (unpaired) electrons. The Morgan fingerprint density at radius 2 is 2.12 bits per heavy atom. The van der Waals surface area contributed by atoms with Crippen LogP contribution >= 0.6 is 0 Å². The fourth-order valence-electron chi connectivity index (χ4n) is 1.82. The fourth-order valence-corrected chi connectivity index (χ4v) is 1.82. The van der Waals surface area contributed by atoms with Crippen LogP contribution in [0.4, 0.5) is 0 Å². The smallest absolute Gasteiger partial charge is 0.126 e. The van der Waals surface area contributed by atoms with Crippen LogP contribution in [-0.4, -0.2) is 0 Å². The molecule has 0 saturated heterocycles. The first-order valence-corrected chi connectivity index (χ1v) is 5.90. The minimum absolute atomic E-state index is 0.927. The van der Waals surface area contributed by atoms with Gasteiger partial charge in [-0.2, -0.15) is 0 Å². The summed E-state index contributed by atoms with van der Waals surface area (Å²) in [4.78, 5) is 0. The Morgan fingerprint density at radius 1 is 1.29 bits per heavy atom. The van der Waals surface area contributed by atoms with Crippen LogP contribution in [0.15, 0.2) is 39.1 Å². The molecule has 0 atom stereocenters. The van der Waals surface area contributed by atoms with Crippen LogP contribution in [0.1, 0.15) is 36.0 Å². The second-order valence-corrected chi connectivity index (χ2v) is 4.54. The van der Waals surface area contributed by atoms with Gasteiger partial charge in [0.2, 0.25) is 0 Å². The van der Waals surface area contributed by atoms with Crippen LogP contribution in [0.5, 0.6) is 0 Å². The van der Waals surface area contributed by atoms with E-state index in [1.165, 1.54) is 11.1 Å². The number of rotatable bonds is 4. The largest absolute Gasteiger partial charge is 0.469 e. The molecule has 17 heavy (non-hydrogen) atoms. The molecule has 2 nitrogen and oxygen atoms in total. The Balaban J connectivity index is 1.95. The molecule has 2 aromatic rings. The van der Waals surface area contributed by atoms with Gasteiger partial charge in [0.15, 0.2) is 0 Å². The van der Waals surface area contributed by atoms with Crippen LogP contribution in [0.3, 0.4) is 0 Å². The van der Waals surface area contributed by atoms with E-state index in [1.54, 1.807) is 12.5 Å². The van der Waals surface area contributed by atoms with Gasteiger partial charge < -0.3 is 8.83 Å². The molecule has 0 fully saturated rings. The molecule has 0 bridgehead atoms. The number of hydrogen-bond donors (Lipinski definition) is 0. The number of hydrogen-bond acceptors (Lipinski definition) is 2. The van der Waals surface area contributed by atoms with E-state index in [4.69, 9.17) is 8.83 Å². The SMILES string of the molecule is C/C(=C\c1cc(C)co1)CCc1occc1C. The van der Waals surface area contributed by atoms with Crippen LogP contribution in [0.25, 0.3) is 6.08 Å². The molecular formula is C15H18O2. The number of aryl methyl sites for hydroxylation is 3. The third kappa shape index (κ3) is 3.13. The van der Waals surface area contributed by atoms with Crippen molar-refractivity contribution in [2.45, 2.75) is 33.6 Å². The molecule has 2 heterocycles. The lowest BCUT2D eigenvalue weighted by atomic mass is 10.1. The molecule has 0 aliphatic heterocycles. The predicted octanol–water partition coefficient (Wildman–Crippen LogP) is 4.53. The summed E-state index contributed by atoms with van der Waals surface area (Å²) in [7, 11) is 0. The highest BCUT2D eigenvalue weighted by atomic mass is 16.3. The van der Waals surface area contributed by atoms with E-state index >= 15 is 0 Å². The summed E-state index contributed by atoms with van der Waals surface area (Å²) in [5, 5.41) is 0. The molecule has 0 aliphatic rings. The molecule has 0 unspecified atom stereocenters. The van der Waals surface area contributed by atoms with Crippen LogP contribution in [0, 0.1) is 13.8 Å². The zero-order valence-electron chi connectivity index (χ0n) is 10.6. The highest BCUT2D eigenvalue weighted by Crippen LogP contribution is 2.17. The summed E-state index contributed by atoms with van der Waals surface area (Å²) >= 11 is 0. The standard InChI is InChI=1S/C15H18O2/c1-11(8-14-9-12(2)10-17-14)4-5-15-13(3)6-7-16-15/h6-10H,4-5H2,1-3H3/b11-8+. The lowest BCUT2D eigenvalue weighted by Crippen LogP contribution is -1.86. The minimum Gasteiger partial charge on any atom is -0.469 e. The van der Waals surface area contributed by atoms with E-state index < -0.39 is 0 Å². The van der Waals surface area contributed by atoms with Gasteiger partial charge in [-0.25, -0.2) is 0 Å². The van der Waals surface area contributed by atoms with Gasteiger partial charge in [0.05, 0.1) is 12.5 Å². The first-order chi connectivity index (χ1) is 8.15. The second kappa shape index (κ2) is 5.09. The van der Waals surface area contributed by atoms with Gasteiger partial charge in [-0.15, -0.1) is 0 Å². The minimum atomic E-state index is 0.927. The third-order valence-corrected chi connectivity index (χ3v) is 2.85. The van der Waals surface area contributed by atoms with Crippen LogP contribution in [0.2, 0.25) is 0 Å². The first-order valence-electron chi connectivity index (χ1n) is 5.90. The van der Waals surface area contributed by atoms with Crippen LogP contribution in [-0.2, 0) is 6.42 Å². The number of allylic oxidation sites excluding steroid dienone is 1. The van der Waals surface area contributed by atoms with Crippen molar-refractivity contribution >= 4 is 6.08 Å². The molecule has 0 amide bonds. The maximum absolute atomic E-state index is 5.42. The zero-order valence-corrected chi connectivity index (χ0v) is 10.6. The second-order valence-electron chi connectivity index (χ2n) is 4.54. The van der Waals surface area contributed by atoms with E-state index in [-0.39, 0.29) is 0 Å². The molecule has 0 aliphatic carbocycles.